The van der Waals surface area contributed by atoms with Gasteiger partial charge in [-0.2, -0.15) is 4.98 Å². The number of anilines is 1. The third-order valence-electron chi connectivity index (χ3n) is 3.34. The molecule has 0 aromatic carbocycles. The fourth-order valence-corrected chi connectivity index (χ4v) is 2.31. The van der Waals surface area contributed by atoms with Crippen LogP contribution in [0, 0.1) is 5.92 Å². The quantitative estimate of drug-likeness (QED) is 0.868. The van der Waals surface area contributed by atoms with Crippen LogP contribution in [0.25, 0.3) is 0 Å². The predicted molar refractivity (Wildman–Crippen MR) is 66.0 cm³/mol. The molecule has 0 unspecified atom stereocenters. The molecule has 1 N–H and O–H groups in total. The summed E-state index contributed by atoms with van der Waals surface area (Å²) < 4.78 is 7.44. The summed E-state index contributed by atoms with van der Waals surface area (Å²) in [5.41, 5.74) is -0.259. The first-order chi connectivity index (χ1) is 8.15. The molecule has 2 heterocycles. The summed E-state index contributed by atoms with van der Waals surface area (Å²) in [7, 11) is 1.74. The van der Waals surface area contributed by atoms with Crippen LogP contribution in [0.15, 0.2) is 17.1 Å². The molecule has 1 saturated heterocycles. The molecule has 5 nitrogen and oxygen atoms in total. The molecule has 0 amide bonds. The van der Waals surface area contributed by atoms with E-state index < -0.39 is 0 Å². The van der Waals surface area contributed by atoms with E-state index in [-0.39, 0.29) is 18.0 Å². The topological polar surface area (TPSA) is 56.1 Å². The Morgan fingerprint density at radius 2 is 2.41 bits per heavy atom. The number of nitrogens with zero attached hydrogens (tertiary/aromatic N) is 2. The lowest BCUT2D eigenvalue weighted by molar-refractivity contribution is -0.00747. The molecule has 0 saturated carbocycles. The van der Waals surface area contributed by atoms with Crippen LogP contribution in [0.2, 0.25) is 0 Å². The minimum atomic E-state index is -0.259. The largest absolute Gasteiger partial charge is 0.373 e. The van der Waals surface area contributed by atoms with E-state index in [1.165, 1.54) is 0 Å². The molecule has 2 rings (SSSR count). The molecule has 3 atom stereocenters. The van der Waals surface area contributed by atoms with Crippen LogP contribution in [-0.2, 0) is 4.74 Å². The van der Waals surface area contributed by atoms with Crippen molar-refractivity contribution in [1.82, 2.24) is 9.55 Å². The van der Waals surface area contributed by atoms with Gasteiger partial charge in [-0.05, 0) is 24.8 Å². The third-order valence-corrected chi connectivity index (χ3v) is 3.34. The predicted octanol–water partition coefficient (Wildman–Crippen LogP) is 1.62. The van der Waals surface area contributed by atoms with Crippen molar-refractivity contribution in [3.8, 4) is 0 Å². The molecule has 0 spiro atoms. The fourth-order valence-electron chi connectivity index (χ4n) is 2.31. The van der Waals surface area contributed by atoms with E-state index in [0.29, 0.717) is 11.7 Å². The summed E-state index contributed by atoms with van der Waals surface area (Å²) in [6.45, 7) is 4.27. The second-order valence-electron chi connectivity index (χ2n) is 4.50. The summed E-state index contributed by atoms with van der Waals surface area (Å²) in [5.74, 6) is 1.07. The van der Waals surface area contributed by atoms with Gasteiger partial charge >= 0.3 is 5.69 Å². The van der Waals surface area contributed by atoms with Gasteiger partial charge in [0, 0.05) is 13.2 Å². The van der Waals surface area contributed by atoms with Crippen molar-refractivity contribution in [3.63, 3.8) is 0 Å². The number of hydrogen-bond donors (Lipinski definition) is 1. The zero-order chi connectivity index (χ0) is 12.4. The van der Waals surface area contributed by atoms with Crippen molar-refractivity contribution in [3.05, 3.63) is 22.7 Å². The van der Waals surface area contributed by atoms with E-state index >= 15 is 0 Å². The number of nitrogens with one attached hydrogen (secondary N) is 1. The Morgan fingerprint density at radius 1 is 1.65 bits per heavy atom. The van der Waals surface area contributed by atoms with Crippen LogP contribution in [0.1, 0.15) is 32.9 Å². The van der Waals surface area contributed by atoms with Crippen molar-refractivity contribution < 1.29 is 4.74 Å². The van der Waals surface area contributed by atoms with Gasteiger partial charge in [0.05, 0.1) is 6.10 Å². The zero-order valence-electron chi connectivity index (χ0n) is 10.5. The molecule has 1 aromatic heterocycles. The Bertz CT molecular complexity index is 444. The maximum atomic E-state index is 11.8. The van der Waals surface area contributed by atoms with Gasteiger partial charge in [-0.15, -0.1) is 0 Å². The lowest BCUT2D eigenvalue weighted by atomic mass is 10.0. The van der Waals surface area contributed by atoms with Crippen LogP contribution in [0.4, 0.5) is 5.82 Å². The first kappa shape index (κ1) is 12.1. The molecule has 1 fully saturated rings. The van der Waals surface area contributed by atoms with Gasteiger partial charge in [0.2, 0.25) is 0 Å². The highest BCUT2D eigenvalue weighted by atomic mass is 16.5. The molecular formula is C12H19N3O2. The van der Waals surface area contributed by atoms with Crippen molar-refractivity contribution in [2.24, 2.45) is 5.92 Å². The van der Waals surface area contributed by atoms with E-state index in [0.717, 1.165) is 12.8 Å². The molecule has 0 bridgehead atoms. The molecule has 94 valence electrons. The lowest BCUT2D eigenvalue weighted by Crippen LogP contribution is -2.27. The van der Waals surface area contributed by atoms with Crippen molar-refractivity contribution in [1.29, 1.82) is 0 Å². The van der Waals surface area contributed by atoms with Gasteiger partial charge in [-0.3, -0.25) is 4.57 Å². The van der Waals surface area contributed by atoms with Crippen molar-refractivity contribution >= 4 is 5.82 Å². The molecule has 17 heavy (non-hydrogen) atoms. The highest BCUT2D eigenvalue weighted by molar-refractivity contribution is 5.30. The average molecular weight is 237 g/mol. The van der Waals surface area contributed by atoms with Crippen LogP contribution >= 0.6 is 0 Å². The summed E-state index contributed by atoms with van der Waals surface area (Å²) in [6, 6.07) is 1.79. The van der Waals surface area contributed by atoms with Gasteiger partial charge in [0.1, 0.15) is 12.0 Å². The molecular weight excluding hydrogens is 218 g/mol. The Morgan fingerprint density at radius 3 is 2.94 bits per heavy atom. The number of aromatic nitrogens is 2. The fraction of sp³-hybridized carbons (Fsp3) is 0.667. The van der Waals surface area contributed by atoms with Crippen molar-refractivity contribution in [2.45, 2.75) is 39.0 Å². The molecule has 0 radical (unpaired) electrons. The Balaban J connectivity index is 2.22. The van der Waals surface area contributed by atoms with E-state index in [1.54, 1.807) is 23.9 Å². The summed E-state index contributed by atoms with van der Waals surface area (Å²) in [4.78, 5) is 15.7. The average Bonchev–Trinajstić information content (AvgIpc) is 2.70. The van der Waals surface area contributed by atoms with E-state index in [2.05, 4.69) is 24.1 Å². The standard InChI is InChI=1S/C12H19N3O2/c1-4-9-8(2)7-11(17-9)15-6-5-10(13-3)14-12(15)16/h5-6,8-9,11H,4,7H2,1-3H3,(H,13,14,16)/t8-,9-,11-/m1/s1. The van der Waals surface area contributed by atoms with Gasteiger partial charge in [0.15, 0.2) is 0 Å². The van der Waals surface area contributed by atoms with Gasteiger partial charge in [0.25, 0.3) is 0 Å². The maximum absolute atomic E-state index is 11.8. The van der Waals surface area contributed by atoms with Gasteiger partial charge in [-0.25, -0.2) is 4.79 Å². The van der Waals surface area contributed by atoms with Gasteiger partial charge in [-0.1, -0.05) is 13.8 Å². The highest BCUT2D eigenvalue weighted by Crippen LogP contribution is 2.33. The first-order valence-electron chi connectivity index (χ1n) is 6.08. The van der Waals surface area contributed by atoms with Crippen molar-refractivity contribution in [2.75, 3.05) is 12.4 Å². The summed E-state index contributed by atoms with van der Waals surface area (Å²) >= 11 is 0. The normalized spacial score (nSPS) is 28.3. The molecule has 1 aromatic rings. The van der Waals surface area contributed by atoms with E-state index in [9.17, 15) is 4.79 Å². The Hall–Kier alpha value is -1.36. The Labute approximate surface area is 101 Å². The second-order valence-corrected chi connectivity index (χ2v) is 4.50. The maximum Gasteiger partial charge on any atom is 0.351 e. The SMILES string of the molecule is CC[C@H]1O[C@@H](n2ccc(NC)nc2=O)C[C@H]1C. The first-order valence-corrected chi connectivity index (χ1v) is 6.08. The highest BCUT2D eigenvalue weighted by Gasteiger charge is 2.32. The minimum Gasteiger partial charge on any atom is -0.373 e. The van der Waals surface area contributed by atoms with Crippen LogP contribution in [0.3, 0.4) is 0 Å². The van der Waals surface area contributed by atoms with E-state index in [4.69, 9.17) is 4.74 Å². The molecule has 1 aliphatic rings. The number of ether oxygens (including phenoxy) is 1. The van der Waals surface area contributed by atoms with Crippen LogP contribution in [-0.4, -0.2) is 22.7 Å². The molecule has 0 aliphatic carbocycles. The Kier molecular flexibility index (Phi) is 3.47. The van der Waals surface area contributed by atoms with Gasteiger partial charge < -0.3 is 10.1 Å². The van der Waals surface area contributed by atoms with E-state index in [1.807, 2.05) is 0 Å². The zero-order valence-corrected chi connectivity index (χ0v) is 10.5. The summed E-state index contributed by atoms with van der Waals surface area (Å²) in [6.07, 6.45) is 3.68. The monoisotopic (exact) mass is 237 g/mol. The second kappa shape index (κ2) is 4.87. The smallest absolute Gasteiger partial charge is 0.351 e. The lowest BCUT2D eigenvalue weighted by Gasteiger charge is -2.15. The van der Waals surface area contributed by atoms with Crippen LogP contribution in [0.5, 0.6) is 0 Å². The molecule has 1 aliphatic heterocycles. The molecule has 5 heteroatoms. The third kappa shape index (κ3) is 2.34. The summed E-state index contributed by atoms with van der Waals surface area (Å²) in [5, 5.41) is 2.85. The van der Waals surface area contributed by atoms with Crippen LogP contribution < -0.4 is 11.0 Å². The minimum absolute atomic E-state index is 0.166. The number of rotatable bonds is 3. The number of hydrogen-bond acceptors (Lipinski definition) is 4.